The van der Waals surface area contributed by atoms with Crippen LogP contribution in [0.2, 0.25) is 0 Å². The maximum absolute atomic E-state index is 10.6. The van der Waals surface area contributed by atoms with Gasteiger partial charge in [0.2, 0.25) is 5.91 Å². The number of nitrogens with zero attached hydrogens (tertiary/aromatic N) is 2. The molecule has 2 aromatic rings. The zero-order chi connectivity index (χ0) is 15.1. The van der Waals surface area contributed by atoms with Gasteiger partial charge in [0.15, 0.2) is 0 Å². The molecule has 5 heteroatoms. The third-order valence-corrected chi connectivity index (χ3v) is 3.42. The van der Waals surface area contributed by atoms with Gasteiger partial charge in [-0.2, -0.15) is 5.10 Å². The van der Waals surface area contributed by atoms with Crippen LogP contribution in [0.15, 0.2) is 42.7 Å². The number of hydrogen-bond donors (Lipinski definition) is 2. The number of amides is 1. The standard InChI is InChI=1S/C16H22N4O/c1-13(18-10-6-5-9-16(17)21)14-11-19-20(12-14)15-7-3-2-4-8-15/h2-4,7-8,11-13,18H,5-6,9-10H2,1H3,(H2,17,21). The molecule has 0 aliphatic carbocycles. The van der Waals surface area contributed by atoms with E-state index in [2.05, 4.69) is 17.3 Å². The molecule has 0 saturated carbocycles. The van der Waals surface area contributed by atoms with Crippen molar-refractivity contribution in [3.8, 4) is 5.69 Å². The van der Waals surface area contributed by atoms with E-state index < -0.39 is 0 Å². The summed E-state index contributed by atoms with van der Waals surface area (Å²) in [5.41, 5.74) is 7.31. The number of nitrogens with one attached hydrogen (secondary N) is 1. The number of carbonyl (C=O) groups is 1. The van der Waals surface area contributed by atoms with Crippen molar-refractivity contribution in [3.05, 3.63) is 48.3 Å². The summed E-state index contributed by atoms with van der Waals surface area (Å²) >= 11 is 0. The van der Waals surface area contributed by atoms with Gasteiger partial charge in [-0.05, 0) is 38.4 Å². The van der Waals surface area contributed by atoms with Crippen LogP contribution < -0.4 is 11.1 Å². The molecule has 0 aliphatic rings. The van der Waals surface area contributed by atoms with Crippen molar-refractivity contribution in [1.29, 1.82) is 0 Å². The molecule has 1 atom stereocenters. The van der Waals surface area contributed by atoms with Gasteiger partial charge in [0.25, 0.3) is 0 Å². The molecule has 0 aliphatic heterocycles. The van der Waals surface area contributed by atoms with Crippen LogP contribution in [-0.2, 0) is 4.79 Å². The van der Waals surface area contributed by atoms with E-state index >= 15 is 0 Å². The summed E-state index contributed by atoms with van der Waals surface area (Å²) in [7, 11) is 0. The molecule has 1 aromatic carbocycles. The molecular weight excluding hydrogens is 264 g/mol. The van der Waals surface area contributed by atoms with Crippen molar-refractivity contribution >= 4 is 5.91 Å². The number of primary amides is 1. The van der Waals surface area contributed by atoms with Gasteiger partial charge < -0.3 is 11.1 Å². The van der Waals surface area contributed by atoms with E-state index in [4.69, 9.17) is 5.73 Å². The number of rotatable bonds is 8. The average Bonchev–Trinajstić information content (AvgIpc) is 2.97. The fourth-order valence-corrected chi connectivity index (χ4v) is 2.14. The third-order valence-electron chi connectivity index (χ3n) is 3.42. The average molecular weight is 286 g/mol. The third kappa shape index (κ3) is 4.72. The first-order valence-electron chi connectivity index (χ1n) is 7.28. The quantitative estimate of drug-likeness (QED) is 0.730. The Morgan fingerprint density at radius 3 is 2.81 bits per heavy atom. The van der Waals surface area contributed by atoms with Crippen LogP contribution in [0.5, 0.6) is 0 Å². The van der Waals surface area contributed by atoms with Crippen LogP contribution >= 0.6 is 0 Å². The van der Waals surface area contributed by atoms with Crippen molar-refractivity contribution in [2.45, 2.75) is 32.2 Å². The molecular formula is C16H22N4O. The zero-order valence-corrected chi connectivity index (χ0v) is 12.3. The Kier molecular flexibility index (Phi) is 5.51. The number of benzene rings is 1. The topological polar surface area (TPSA) is 72.9 Å². The minimum atomic E-state index is -0.229. The van der Waals surface area contributed by atoms with Gasteiger partial charge in [-0.25, -0.2) is 4.68 Å². The highest BCUT2D eigenvalue weighted by molar-refractivity contribution is 5.73. The Labute approximate surface area is 125 Å². The van der Waals surface area contributed by atoms with Crippen molar-refractivity contribution in [2.24, 2.45) is 5.73 Å². The van der Waals surface area contributed by atoms with Gasteiger partial charge >= 0.3 is 0 Å². The molecule has 3 N–H and O–H groups in total. The van der Waals surface area contributed by atoms with E-state index in [1.54, 1.807) is 0 Å². The fraction of sp³-hybridized carbons (Fsp3) is 0.375. The van der Waals surface area contributed by atoms with Gasteiger partial charge in [-0.15, -0.1) is 0 Å². The molecule has 1 unspecified atom stereocenters. The molecule has 112 valence electrons. The maximum Gasteiger partial charge on any atom is 0.217 e. The predicted octanol–water partition coefficient (Wildman–Crippen LogP) is 2.18. The van der Waals surface area contributed by atoms with Crippen molar-refractivity contribution < 1.29 is 4.79 Å². The zero-order valence-electron chi connectivity index (χ0n) is 12.3. The summed E-state index contributed by atoms with van der Waals surface area (Å²) in [6, 6.07) is 10.3. The molecule has 1 amide bonds. The fourth-order valence-electron chi connectivity index (χ4n) is 2.14. The summed E-state index contributed by atoms with van der Waals surface area (Å²) in [5, 5.41) is 7.82. The summed E-state index contributed by atoms with van der Waals surface area (Å²) in [5.74, 6) is -0.229. The lowest BCUT2D eigenvalue weighted by Gasteiger charge is -2.11. The Morgan fingerprint density at radius 2 is 2.10 bits per heavy atom. The highest BCUT2D eigenvalue weighted by Gasteiger charge is 2.08. The normalized spacial score (nSPS) is 12.2. The highest BCUT2D eigenvalue weighted by Crippen LogP contribution is 2.14. The van der Waals surface area contributed by atoms with E-state index in [9.17, 15) is 4.79 Å². The molecule has 0 fully saturated rings. The van der Waals surface area contributed by atoms with Crippen LogP contribution in [-0.4, -0.2) is 22.2 Å². The second kappa shape index (κ2) is 7.59. The SMILES string of the molecule is CC(NCCCCC(N)=O)c1cnn(-c2ccccc2)c1. The molecule has 1 heterocycles. The Balaban J connectivity index is 1.82. The maximum atomic E-state index is 10.6. The molecule has 0 saturated heterocycles. The van der Waals surface area contributed by atoms with E-state index in [1.165, 1.54) is 0 Å². The monoisotopic (exact) mass is 286 g/mol. The lowest BCUT2D eigenvalue weighted by atomic mass is 10.1. The molecule has 1 aromatic heterocycles. The van der Waals surface area contributed by atoms with Gasteiger partial charge in [0, 0.05) is 24.2 Å². The van der Waals surface area contributed by atoms with Crippen LogP contribution in [0.25, 0.3) is 5.69 Å². The molecule has 0 bridgehead atoms. The number of hydrogen-bond acceptors (Lipinski definition) is 3. The Morgan fingerprint density at radius 1 is 1.33 bits per heavy atom. The first kappa shape index (κ1) is 15.3. The van der Waals surface area contributed by atoms with E-state index in [0.29, 0.717) is 6.42 Å². The largest absolute Gasteiger partial charge is 0.370 e. The van der Waals surface area contributed by atoms with Crippen molar-refractivity contribution in [3.63, 3.8) is 0 Å². The summed E-state index contributed by atoms with van der Waals surface area (Å²) in [6.45, 7) is 2.98. The minimum Gasteiger partial charge on any atom is -0.370 e. The molecule has 5 nitrogen and oxygen atoms in total. The summed E-state index contributed by atoms with van der Waals surface area (Å²) in [4.78, 5) is 10.6. The van der Waals surface area contributed by atoms with E-state index in [1.807, 2.05) is 47.4 Å². The number of unbranched alkanes of at least 4 members (excludes halogenated alkanes) is 1. The van der Waals surface area contributed by atoms with Crippen LogP contribution in [0.1, 0.15) is 37.8 Å². The minimum absolute atomic E-state index is 0.229. The first-order valence-corrected chi connectivity index (χ1v) is 7.28. The van der Waals surface area contributed by atoms with Gasteiger partial charge in [-0.1, -0.05) is 18.2 Å². The molecule has 21 heavy (non-hydrogen) atoms. The molecule has 0 spiro atoms. The van der Waals surface area contributed by atoms with Gasteiger partial charge in [-0.3, -0.25) is 4.79 Å². The number of para-hydroxylation sites is 1. The molecule has 2 rings (SSSR count). The Bertz CT molecular complexity index is 565. The van der Waals surface area contributed by atoms with Crippen LogP contribution in [0.4, 0.5) is 0 Å². The van der Waals surface area contributed by atoms with E-state index in [0.717, 1.165) is 30.6 Å². The Hall–Kier alpha value is -2.14. The summed E-state index contributed by atoms with van der Waals surface area (Å²) < 4.78 is 1.88. The van der Waals surface area contributed by atoms with E-state index in [-0.39, 0.29) is 11.9 Å². The second-order valence-corrected chi connectivity index (χ2v) is 5.15. The lowest BCUT2D eigenvalue weighted by molar-refractivity contribution is -0.118. The summed E-state index contributed by atoms with van der Waals surface area (Å²) in [6.07, 6.45) is 6.16. The second-order valence-electron chi connectivity index (χ2n) is 5.15. The van der Waals surface area contributed by atoms with Gasteiger partial charge in [0.05, 0.1) is 11.9 Å². The smallest absolute Gasteiger partial charge is 0.217 e. The highest BCUT2D eigenvalue weighted by atomic mass is 16.1. The van der Waals surface area contributed by atoms with Crippen molar-refractivity contribution in [2.75, 3.05) is 6.54 Å². The predicted molar refractivity (Wildman–Crippen MR) is 83.0 cm³/mol. The number of carbonyl (C=O) groups excluding carboxylic acids is 1. The number of aromatic nitrogens is 2. The first-order chi connectivity index (χ1) is 10.2. The van der Waals surface area contributed by atoms with Crippen LogP contribution in [0.3, 0.4) is 0 Å². The lowest BCUT2D eigenvalue weighted by Crippen LogP contribution is -2.20. The number of nitrogens with two attached hydrogens (primary N) is 1. The molecule has 0 radical (unpaired) electrons. The van der Waals surface area contributed by atoms with Crippen molar-refractivity contribution in [1.82, 2.24) is 15.1 Å². The van der Waals surface area contributed by atoms with Crippen LogP contribution in [0, 0.1) is 0 Å². The van der Waals surface area contributed by atoms with Gasteiger partial charge in [0.1, 0.15) is 0 Å².